The van der Waals surface area contributed by atoms with Crippen LogP contribution >= 0.6 is 0 Å². The second kappa shape index (κ2) is 21.5. The molecular weight excluding hydrogens is 702 g/mol. The number of benzene rings is 4. The fourth-order valence-electron chi connectivity index (χ4n) is 6.48. The smallest absolute Gasteiger partial charge is 0.389 e. The number of nitrogen functional groups attached to an aromatic ring is 2. The van der Waals surface area contributed by atoms with Gasteiger partial charge in [0, 0.05) is 24.2 Å². The van der Waals surface area contributed by atoms with E-state index in [4.69, 9.17) is 20.9 Å². The summed E-state index contributed by atoms with van der Waals surface area (Å²) in [7, 11) is 0. The average Bonchev–Trinajstić information content (AvgIpc) is 3.12. The van der Waals surface area contributed by atoms with Gasteiger partial charge in [0.25, 0.3) is 0 Å². The molecule has 4 aromatic carbocycles. The van der Waals surface area contributed by atoms with Crippen LogP contribution in [0.2, 0.25) is 0 Å². The molecule has 0 aliphatic heterocycles. The van der Waals surface area contributed by atoms with Crippen LogP contribution in [0.4, 0.5) is 37.7 Å². The summed E-state index contributed by atoms with van der Waals surface area (Å²) in [5.41, 5.74) is 18.0. The lowest BCUT2D eigenvalue weighted by Crippen LogP contribution is -2.06. The highest BCUT2D eigenvalue weighted by Gasteiger charge is 2.26. The minimum atomic E-state index is -4.05. The molecule has 0 heterocycles. The van der Waals surface area contributed by atoms with Gasteiger partial charge in [-0.3, -0.25) is 0 Å². The predicted octanol–water partition coefficient (Wildman–Crippen LogP) is 14.6. The number of halogens is 6. The standard InChI is InChI=1S/C44H54F6N2O2/c45-43(46,47)29-13-9-5-1-3-7-11-15-35-31-39(25-27-41(35)51)53-37-21-17-33(18-22-37)34-19-23-38(24-20-34)54-40-26-28-42(52)36(32-40)16-12-8-4-2-6-10-14-30-44(48,49)50/h17-28,31-32H,1-16,29-30,51-52H2. The zero-order valence-corrected chi connectivity index (χ0v) is 31.0. The first-order chi connectivity index (χ1) is 25.8. The molecule has 0 saturated carbocycles. The molecule has 4 nitrogen and oxygen atoms in total. The van der Waals surface area contributed by atoms with Crippen molar-refractivity contribution in [2.75, 3.05) is 11.5 Å². The lowest BCUT2D eigenvalue weighted by molar-refractivity contribution is -0.136. The van der Waals surface area contributed by atoms with Gasteiger partial charge in [0.15, 0.2) is 0 Å². The SMILES string of the molecule is Nc1ccc(Oc2ccc(-c3ccc(Oc4ccc(N)c(CCCCCCCCCC(F)(F)F)c4)cc3)cc2)cc1CCCCCCCCCC(F)(F)F. The maximum absolute atomic E-state index is 12.3. The molecule has 0 saturated heterocycles. The Morgan fingerprint density at radius 3 is 1.00 bits per heavy atom. The fraction of sp³-hybridized carbons (Fsp3) is 0.455. The number of hydrogen-bond acceptors (Lipinski definition) is 4. The largest absolute Gasteiger partial charge is 0.457 e. The number of ether oxygens (including phenoxy) is 2. The molecule has 0 unspecified atom stereocenters. The minimum absolute atomic E-state index is 0.211. The van der Waals surface area contributed by atoms with Crippen LogP contribution in [0, 0.1) is 0 Å². The van der Waals surface area contributed by atoms with Gasteiger partial charge >= 0.3 is 12.4 Å². The zero-order valence-electron chi connectivity index (χ0n) is 31.0. The quantitative estimate of drug-likeness (QED) is 0.0449. The molecule has 0 radical (unpaired) electrons. The number of unbranched alkanes of at least 4 members (excludes halogenated alkanes) is 12. The van der Waals surface area contributed by atoms with Crippen LogP contribution in [0.25, 0.3) is 11.1 Å². The van der Waals surface area contributed by atoms with Crippen molar-refractivity contribution >= 4 is 11.4 Å². The summed E-state index contributed by atoms with van der Waals surface area (Å²) in [6, 6.07) is 27.1. The van der Waals surface area contributed by atoms with Crippen molar-refractivity contribution in [2.45, 2.75) is 128 Å². The van der Waals surface area contributed by atoms with Crippen molar-refractivity contribution < 1.29 is 35.8 Å². The van der Waals surface area contributed by atoms with E-state index in [2.05, 4.69) is 0 Å². The Bertz CT molecular complexity index is 1550. The second-order valence-corrected chi connectivity index (χ2v) is 14.2. The van der Waals surface area contributed by atoms with E-state index in [0.29, 0.717) is 35.8 Å². The third-order valence-corrected chi connectivity index (χ3v) is 9.55. The van der Waals surface area contributed by atoms with Crippen LogP contribution in [-0.2, 0) is 12.8 Å². The lowest BCUT2D eigenvalue weighted by Gasteiger charge is -2.12. The molecule has 0 atom stereocenters. The maximum Gasteiger partial charge on any atom is 0.389 e. The molecule has 54 heavy (non-hydrogen) atoms. The second-order valence-electron chi connectivity index (χ2n) is 14.2. The van der Waals surface area contributed by atoms with E-state index in [1.807, 2.05) is 84.9 Å². The highest BCUT2D eigenvalue weighted by Crippen LogP contribution is 2.32. The molecule has 294 valence electrons. The summed E-state index contributed by atoms with van der Waals surface area (Å²) >= 11 is 0. The summed E-state index contributed by atoms with van der Waals surface area (Å²) in [4.78, 5) is 0. The first kappa shape index (κ1) is 42.4. The Morgan fingerprint density at radius 2 is 0.667 bits per heavy atom. The molecule has 4 N–H and O–H groups in total. The zero-order chi connectivity index (χ0) is 38.8. The average molecular weight is 757 g/mol. The molecule has 0 aliphatic rings. The van der Waals surface area contributed by atoms with E-state index in [9.17, 15) is 26.3 Å². The first-order valence-corrected chi connectivity index (χ1v) is 19.3. The van der Waals surface area contributed by atoms with Gasteiger partial charge in [-0.1, -0.05) is 88.5 Å². The molecule has 10 heteroatoms. The molecule has 4 aromatic rings. The fourth-order valence-corrected chi connectivity index (χ4v) is 6.48. The predicted molar refractivity (Wildman–Crippen MR) is 207 cm³/mol. The maximum atomic E-state index is 12.3. The van der Waals surface area contributed by atoms with Gasteiger partial charge in [-0.2, -0.15) is 26.3 Å². The normalized spacial score (nSPS) is 11.9. The van der Waals surface area contributed by atoms with Gasteiger partial charge in [0.2, 0.25) is 0 Å². The van der Waals surface area contributed by atoms with Crippen molar-refractivity contribution in [3.05, 3.63) is 96.1 Å². The van der Waals surface area contributed by atoms with Crippen LogP contribution in [-0.4, -0.2) is 12.4 Å². The van der Waals surface area contributed by atoms with Gasteiger partial charge in [-0.05, 0) is 121 Å². The van der Waals surface area contributed by atoms with Crippen LogP contribution in [0.5, 0.6) is 23.0 Å². The van der Waals surface area contributed by atoms with Gasteiger partial charge in [0.1, 0.15) is 23.0 Å². The molecule has 0 aliphatic carbocycles. The van der Waals surface area contributed by atoms with Crippen LogP contribution in [0.1, 0.15) is 114 Å². The molecule has 0 fully saturated rings. The van der Waals surface area contributed by atoms with E-state index in [0.717, 1.165) is 111 Å². The highest BCUT2D eigenvalue weighted by molar-refractivity contribution is 5.65. The van der Waals surface area contributed by atoms with Crippen molar-refractivity contribution in [2.24, 2.45) is 0 Å². The van der Waals surface area contributed by atoms with Crippen LogP contribution in [0.3, 0.4) is 0 Å². The number of aryl methyl sites for hydroxylation is 2. The van der Waals surface area contributed by atoms with Crippen LogP contribution in [0.15, 0.2) is 84.9 Å². The number of hydrogen-bond donors (Lipinski definition) is 2. The summed E-state index contributed by atoms with van der Waals surface area (Å²) < 4.78 is 85.9. The number of anilines is 2. The van der Waals surface area contributed by atoms with Gasteiger partial charge in [-0.25, -0.2) is 0 Å². The number of nitrogens with two attached hydrogens (primary N) is 2. The summed E-state index contributed by atoms with van der Waals surface area (Å²) in [5.74, 6) is 2.83. The van der Waals surface area contributed by atoms with E-state index in [1.165, 1.54) is 0 Å². The topological polar surface area (TPSA) is 70.5 Å². The monoisotopic (exact) mass is 756 g/mol. The highest BCUT2D eigenvalue weighted by atomic mass is 19.4. The number of rotatable bonds is 23. The van der Waals surface area contributed by atoms with Gasteiger partial charge < -0.3 is 20.9 Å². The molecular formula is C44H54F6N2O2. The molecule has 0 spiro atoms. The first-order valence-electron chi connectivity index (χ1n) is 19.3. The van der Waals surface area contributed by atoms with Crippen molar-refractivity contribution in [1.82, 2.24) is 0 Å². The summed E-state index contributed by atoms with van der Waals surface area (Å²) in [6.45, 7) is 0. The molecule has 0 amide bonds. The van der Waals surface area contributed by atoms with E-state index < -0.39 is 25.2 Å². The van der Waals surface area contributed by atoms with Crippen molar-refractivity contribution in [1.29, 1.82) is 0 Å². The van der Waals surface area contributed by atoms with Gasteiger partial charge in [-0.15, -0.1) is 0 Å². The number of alkyl halides is 6. The molecule has 0 aromatic heterocycles. The van der Waals surface area contributed by atoms with E-state index in [1.54, 1.807) is 0 Å². The van der Waals surface area contributed by atoms with E-state index >= 15 is 0 Å². The van der Waals surface area contributed by atoms with Gasteiger partial charge in [0.05, 0.1) is 0 Å². The Morgan fingerprint density at radius 1 is 0.370 bits per heavy atom. The lowest BCUT2D eigenvalue weighted by atomic mass is 10.0. The third-order valence-electron chi connectivity index (χ3n) is 9.55. The summed E-state index contributed by atoms with van der Waals surface area (Å²) in [5, 5.41) is 0. The molecule has 4 rings (SSSR count). The third kappa shape index (κ3) is 16.4. The summed E-state index contributed by atoms with van der Waals surface area (Å²) in [6.07, 6.45) is 3.32. The van der Waals surface area contributed by atoms with Crippen LogP contribution < -0.4 is 20.9 Å². The Kier molecular flexibility index (Phi) is 16.9. The Balaban J connectivity index is 1.18. The minimum Gasteiger partial charge on any atom is -0.457 e. The van der Waals surface area contributed by atoms with Crippen molar-refractivity contribution in [3.63, 3.8) is 0 Å². The van der Waals surface area contributed by atoms with Crippen molar-refractivity contribution in [3.8, 4) is 34.1 Å². The Hall–Kier alpha value is -4.34. The van der Waals surface area contributed by atoms with E-state index in [-0.39, 0.29) is 12.8 Å². The Labute approximate surface area is 316 Å². The molecule has 0 bridgehead atoms.